The van der Waals surface area contributed by atoms with E-state index in [2.05, 4.69) is 25.3 Å². The van der Waals surface area contributed by atoms with Crippen LogP contribution in [-0.2, 0) is 0 Å². The summed E-state index contributed by atoms with van der Waals surface area (Å²) in [6.07, 6.45) is 3.83. The number of benzene rings is 1. The average Bonchev–Trinajstić information content (AvgIpc) is 3.05. The van der Waals surface area contributed by atoms with Crippen molar-refractivity contribution in [3.05, 3.63) is 66.7 Å². The molecule has 0 radical (unpaired) electrons. The van der Waals surface area contributed by atoms with Crippen molar-refractivity contribution in [2.24, 2.45) is 0 Å². The molecule has 3 aromatic heterocycles. The highest BCUT2D eigenvalue weighted by molar-refractivity contribution is 7.99. The summed E-state index contributed by atoms with van der Waals surface area (Å²) in [5, 5.41) is 4.00. The van der Waals surface area contributed by atoms with Crippen molar-refractivity contribution in [2.75, 3.05) is 11.1 Å². The Morgan fingerprint density at radius 1 is 1.04 bits per heavy atom. The molecular formula is C18H17N7S. The maximum absolute atomic E-state index is 5.88. The molecule has 0 aliphatic carbocycles. The molecule has 4 aromatic rings. The van der Waals surface area contributed by atoms with Gasteiger partial charge in [-0.3, -0.25) is 4.40 Å². The van der Waals surface area contributed by atoms with E-state index in [1.54, 1.807) is 11.8 Å². The Labute approximate surface area is 154 Å². The molecule has 3 N–H and O–H groups in total. The number of nitrogen functional groups attached to an aromatic ring is 1. The number of pyridine rings is 1. The second-order valence-electron chi connectivity index (χ2n) is 5.66. The van der Waals surface area contributed by atoms with Crippen LogP contribution < -0.4 is 11.1 Å². The monoisotopic (exact) mass is 363 g/mol. The third-order valence-corrected chi connectivity index (χ3v) is 4.83. The second-order valence-corrected chi connectivity index (χ2v) is 6.97. The van der Waals surface area contributed by atoms with Crippen LogP contribution in [0.25, 0.3) is 5.52 Å². The normalized spacial score (nSPS) is 12.2. The summed E-state index contributed by atoms with van der Waals surface area (Å²) in [4.78, 5) is 17.5. The fraction of sp³-hybridized carbons (Fsp3) is 0.111. The fourth-order valence-corrected chi connectivity index (χ4v) is 3.44. The van der Waals surface area contributed by atoms with E-state index in [1.807, 2.05) is 72.2 Å². The SMILES string of the molecule is CC(Sc1ncc2ccccn12)c1nc(N)nc(Nc2ccccc2)n1. The molecule has 0 amide bonds. The second kappa shape index (κ2) is 7.01. The van der Waals surface area contributed by atoms with Gasteiger partial charge in [0.15, 0.2) is 5.16 Å². The van der Waals surface area contributed by atoms with Gasteiger partial charge in [0.25, 0.3) is 0 Å². The molecule has 0 fully saturated rings. The summed E-state index contributed by atoms with van der Waals surface area (Å²) >= 11 is 1.57. The van der Waals surface area contributed by atoms with E-state index in [-0.39, 0.29) is 11.2 Å². The van der Waals surface area contributed by atoms with Gasteiger partial charge in [-0.15, -0.1) is 0 Å². The molecule has 0 spiro atoms. The molecule has 8 heteroatoms. The Bertz CT molecular complexity index is 1030. The van der Waals surface area contributed by atoms with Gasteiger partial charge in [0.05, 0.1) is 17.0 Å². The first kappa shape index (κ1) is 16.3. The van der Waals surface area contributed by atoms with Crippen molar-refractivity contribution in [3.63, 3.8) is 0 Å². The number of nitrogens with one attached hydrogen (secondary N) is 1. The lowest BCUT2D eigenvalue weighted by atomic mass is 10.3. The number of hydrogen-bond acceptors (Lipinski definition) is 7. The number of para-hydroxylation sites is 1. The molecule has 0 bridgehead atoms. The molecule has 1 aromatic carbocycles. The maximum atomic E-state index is 5.88. The highest BCUT2D eigenvalue weighted by atomic mass is 32.2. The summed E-state index contributed by atoms with van der Waals surface area (Å²) in [5.41, 5.74) is 7.82. The van der Waals surface area contributed by atoms with Crippen LogP contribution in [0.1, 0.15) is 18.0 Å². The predicted molar refractivity (Wildman–Crippen MR) is 103 cm³/mol. The number of aromatic nitrogens is 5. The molecule has 26 heavy (non-hydrogen) atoms. The van der Waals surface area contributed by atoms with Crippen LogP contribution in [0, 0.1) is 0 Å². The van der Waals surface area contributed by atoms with Gasteiger partial charge >= 0.3 is 0 Å². The molecule has 130 valence electrons. The highest BCUT2D eigenvalue weighted by Gasteiger charge is 2.16. The number of fused-ring (bicyclic) bond motifs is 1. The summed E-state index contributed by atoms with van der Waals surface area (Å²) < 4.78 is 2.04. The largest absolute Gasteiger partial charge is 0.368 e. The molecule has 0 aliphatic heterocycles. The Morgan fingerprint density at radius 2 is 1.85 bits per heavy atom. The summed E-state index contributed by atoms with van der Waals surface area (Å²) in [6, 6.07) is 15.7. The van der Waals surface area contributed by atoms with Crippen LogP contribution in [0.15, 0.2) is 66.1 Å². The van der Waals surface area contributed by atoms with E-state index in [4.69, 9.17) is 5.73 Å². The van der Waals surface area contributed by atoms with E-state index >= 15 is 0 Å². The van der Waals surface area contributed by atoms with Crippen LogP contribution in [0.3, 0.4) is 0 Å². The Kier molecular flexibility index (Phi) is 4.40. The van der Waals surface area contributed by atoms with E-state index in [0.29, 0.717) is 11.8 Å². The topological polar surface area (TPSA) is 94.0 Å². The number of imidazole rings is 1. The van der Waals surface area contributed by atoms with Gasteiger partial charge < -0.3 is 11.1 Å². The Morgan fingerprint density at radius 3 is 2.69 bits per heavy atom. The van der Waals surface area contributed by atoms with Crippen molar-refractivity contribution < 1.29 is 0 Å². The minimum absolute atomic E-state index is 0.0394. The third kappa shape index (κ3) is 3.45. The summed E-state index contributed by atoms with van der Waals surface area (Å²) in [7, 11) is 0. The van der Waals surface area contributed by atoms with Gasteiger partial charge in [-0.25, -0.2) is 4.98 Å². The molecule has 0 saturated carbocycles. The fourth-order valence-electron chi connectivity index (χ4n) is 2.51. The van der Waals surface area contributed by atoms with E-state index in [0.717, 1.165) is 16.4 Å². The van der Waals surface area contributed by atoms with E-state index < -0.39 is 0 Å². The predicted octanol–water partition coefficient (Wildman–Crippen LogP) is 3.70. The molecule has 0 aliphatic rings. The highest BCUT2D eigenvalue weighted by Crippen LogP contribution is 2.33. The van der Waals surface area contributed by atoms with Crippen molar-refractivity contribution in [1.82, 2.24) is 24.3 Å². The molecule has 3 heterocycles. The van der Waals surface area contributed by atoms with Crippen LogP contribution in [-0.4, -0.2) is 24.3 Å². The molecule has 1 unspecified atom stereocenters. The zero-order valence-corrected chi connectivity index (χ0v) is 14.9. The number of thioether (sulfide) groups is 1. The maximum Gasteiger partial charge on any atom is 0.232 e. The van der Waals surface area contributed by atoms with Gasteiger partial charge in [0.1, 0.15) is 5.82 Å². The van der Waals surface area contributed by atoms with E-state index in [1.165, 1.54) is 0 Å². The molecule has 1 atom stereocenters. The standard InChI is InChI=1S/C18H17N7S/c1-12(26-18-20-11-14-9-5-6-10-25(14)18)15-22-16(19)24-17(23-15)21-13-7-3-2-4-8-13/h2-12H,1H3,(H3,19,21,22,23,24). The lowest BCUT2D eigenvalue weighted by Gasteiger charge is -2.11. The first-order valence-electron chi connectivity index (χ1n) is 8.11. The number of hydrogen-bond donors (Lipinski definition) is 2. The number of nitrogens with zero attached hydrogens (tertiary/aromatic N) is 5. The summed E-state index contributed by atoms with van der Waals surface area (Å²) in [6.45, 7) is 2.02. The minimum Gasteiger partial charge on any atom is -0.368 e. The quantitative estimate of drug-likeness (QED) is 0.522. The van der Waals surface area contributed by atoms with Gasteiger partial charge in [0.2, 0.25) is 11.9 Å². The van der Waals surface area contributed by atoms with E-state index in [9.17, 15) is 0 Å². The minimum atomic E-state index is -0.0394. The lowest BCUT2D eigenvalue weighted by Crippen LogP contribution is -2.08. The van der Waals surface area contributed by atoms with Gasteiger partial charge in [-0.05, 0) is 31.2 Å². The van der Waals surface area contributed by atoms with Crippen LogP contribution in [0.2, 0.25) is 0 Å². The number of rotatable bonds is 5. The molecule has 4 rings (SSSR count). The number of anilines is 3. The number of nitrogens with two attached hydrogens (primary N) is 1. The van der Waals surface area contributed by atoms with Gasteiger partial charge in [0, 0.05) is 11.9 Å². The van der Waals surface area contributed by atoms with Gasteiger partial charge in [-0.2, -0.15) is 15.0 Å². The van der Waals surface area contributed by atoms with Crippen LogP contribution >= 0.6 is 11.8 Å². The van der Waals surface area contributed by atoms with Crippen LogP contribution in [0.5, 0.6) is 0 Å². The van der Waals surface area contributed by atoms with Crippen molar-refractivity contribution >= 4 is 34.9 Å². The average molecular weight is 363 g/mol. The zero-order chi connectivity index (χ0) is 17.9. The smallest absolute Gasteiger partial charge is 0.232 e. The Balaban J connectivity index is 1.58. The zero-order valence-electron chi connectivity index (χ0n) is 14.1. The third-order valence-electron chi connectivity index (χ3n) is 3.75. The summed E-state index contributed by atoms with van der Waals surface area (Å²) in [5.74, 6) is 1.22. The Hall–Kier alpha value is -3.13. The van der Waals surface area contributed by atoms with Crippen molar-refractivity contribution in [2.45, 2.75) is 17.3 Å². The van der Waals surface area contributed by atoms with Crippen LogP contribution in [0.4, 0.5) is 17.6 Å². The first-order chi connectivity index (χ1) is 12.7. The van der Waals surface area contributed by atoms with Crippen molar-refractivity contribution in [3.8, 4) is 0 Å². The lowest BCUT2D eigenvalue weighted by molar-refractivity contribution is 0.880. The molecule has 0 saturated heterocycles. The van der Waals surface area contributed by atoms with Crippen molar-refractivity contribution in [1.29, 1.82) is 0 Å². The first-order valence-corrected chi connectivity index (χ1v) is 8.99. The molecule has 7 nitrogen and oxygen atoms in total. The van der Waals surface area contributed by atoms with Gasteiger partial charge in [-0.1, -0.05) is 36.0 Å². The molecular weight excluding hydrogens is 346 g/mol.